The molecule has 0 aliphatic rings. The second kappa shape index (κ2) is 8.02. The Morgan fingerprint density at radius 2 is 1.76 bits per heavy atom. The predicted molar refractivity (Wildman–Crippen MR) is 99.6 cm³/mol. The third-order valence-electron chi connectivity index (χ3n) is 3.47. The molecule has 0 atom stereocenters. The van der Waals surface area contributed by atoms with Gasteiger partial charge in [0.2, 0.25) is 15.9 Å². The van der Waals surface area contributed by atoms with Crippen molar-refractivity contribution in [3.05, 3.63) is 54.1 Å². The lowest BCUT2D eigenvalue weighted by Crippen LogP contribution is -2.37. The smallest absolute Gasteiger partial charge is 0.245 e. The Morgan fingerprint density at radius 1 is 1.12 bits per heavy atom. The van der Waals surface area contributed by atoms with Crippen molar-refractivity contribution < 1.29 is 17.9 Å². The summed E-state index contributed by atoms with van der Waals surface area (Å²) in [5.74, 6) is 0.0951. The highest BCUT2D eigenvalue weighted by Crippen LogP contribution is 2.24. The van der Waals surface area contributed by atoms with E-state index in [0.717, 1.165) is 16.1 Å². The highest BCUT2D eigenvalue weighted by Gasteiger charge is 2.21. The number of carbonyl (C=O) groups excluding carboxylic acids is 1. The molecule has 0 aromatic heterocycles. The molecule has 2 rings (SSSR count). The summed E-state index contributed by atoms with van der Waals surface area (Å²) < 4.78 is 30.7. The molecule has 134 valence electrons. The third-order valence-corrected chi connectivity index (χ3v) is 4.61. The van der Waals surface area contributed by atoms with Gasteiger partial charge in [-0.05, 0) is 38.1 Å². The topological polar surface area (TPSA) is 75.7 Å². The molecule has 0 heterocycles. The number of aryl methyl sites for hydroxylation is 1. The number of hydrogen-bond donors (Lipinski definition) is 1. The maximum atomic E-state index is 12.4. The number of ether oxygens (including phenoxy) is 1. The standard InChI is InChI=1S/C18H22N2O4S/c1-4-24-17-8-6-5-7-16(17)19-18(21)13-20(25(3,22)23)15-11-9-14(2)10-12-15/h5-12H,4,13H2,1-3H3,(H,19,21). The highest BCUT2D eigenvalue weighted by atomic mass is 32.2. The quantitative estimate of drug-likeness (QED) is 0.822. The zero-order valence-electron chi connectivity index (χ0n) is 14.5. The van der Waals surface area contributed by atoms with Crippen LogP contribution in [0, 0.1) is 6.92 Å². The SMILES string of the molecule is CCOc1ccccc1NC(=O)CN(c1ccc(C)cc1)S(C)(=O)=O. The lowest BCUT2D eigenvalue weighted by Gasteiger charge is -2.22. The molecule has 0 aliphatic heterocycles. The van der Waals surface area contributed by atoms with Gasteiger partial charge in [0.25, 0.3) is 0 Å². The number of para-hydroxylation sites is 2. The minimum absolute atomic E-state index is 0.317. The Balaban J connectivity index is 2.19. The summed E-state index contributed by atoms with van der Waals surface area (Å²) in [6, 6.07) is 14.0. The zero-order chi connectivity index (χ0) is 18.4. The summed E-state index contributed by atoms with van der Waals surface area (Å²) in [6.45, 7) is 3.90. The van der Waals surface area contributed by atoms with Crippen molar-refractivity contribution in [2.24, 2.45) is 0 Å². The fraction of sp³-hybridized carbons (Fsp3) is 0.278. The van der Waals surface area contributed by atoms with E-state index < -0.39 is 15.9 Å². The third kappa shape index (κ3) is 5.22. The van der Waals surface area contributed by atoms with Gasteiger partial charge < -0.3 is 10.1 Å². The maximum absolute atomic E-state index is 12.4. The highest BCUT2D eigenvalue weighted by molar-refractivity contribution is 7.92. The number of anilines is 2. The fourth-order valence-corrected chi connectivity index (χ4v) is 3.14. The lowest BCUT2D eigenvalue weighted by atomic mass is 10.2. The molecule has 0 fully saturated rings. The maximum Gasteiger partial charge on any atom is 0.245 e. The van der Waals surface area contributed by atoms with Gasteiger partial charge in [0.1, 0.15) is 12.3 Å². The molecule has 7 heteroatoms. The second-order valence-corrected chi connectivity index (χ2v) is 7.49. The number of rotatable bonds is 7. The molecule has 2 aromatic carbocycles. The summed E-state index contributed by atoms with van der Waals surface area (Å²) in [5, 5.41) is 2.71. The first-order valence-electron chi connectivity index (χ1n) is 7.87. The molecule has 1 N–H and O–H groups in total. The van der Waals surface area contributed by atoms with Crippen LogP contribution in [0.4, 0.5) is 11.4 Å². The number of nitrogens with zero attached hydrogens (tertiary/aromatic N) is 1. The largest absolute Gasteiger partial charge is 0.492 e. The molecule has 6 nitrogen and oxygen atoms in total. The van der Waals surface area contributed by atoms with Gasteiger partial charge in [0.15, 0.2) is 0 Å². The number of hydrogen-bond acceptors (Lipinski definition) is 4. The monoisotopic (exact) mass is 362 g/mol. The molecule has 0 bridgehead atoms. The molecular weight excluding hydrogens is 340 g/mol. The Kier molecular flexibility index (Phi) is 6.03. The van der Waals surface area contributed by atoms with Crippen LogP contribution in [0.1, 0.15) is 12.5 Å². The number of carbonyl (C=O) groups is 1. The summed E-state index contributed by atoms with van der Waals surface area (Å²) in [6.07, 6.45) is 1.08. The average molecular weight is 362 g/mol. The summed E-state index contributed by atoms with van der Waals surface area (Å²) >= 11 is 0. The van der Waals surface area contributed by atoms with Crippen LogP contribution in [0.15, 0.2) is 48.5 Å². The van der Waals surface area contributed by atoms with E-state index >= 15 is 0 Å². The van der Waals surface area contributed by atoms with Crippen LogP contribution in [0.25, 0.3) is 0 Å². The van der Waals surface area contributed by atoms with Crippen molar-refractivity contribution in [2.45, 2.75) is 13.8 Å². The Bertz CT molecular complexity index is 832. The van der Waals surface area contributed by atoms with E-state index in [9.17, 15) is 13.2 Å². The van der Waals surface area contributed by atoms with Gasteiger partial charge in [-0.2, -0.15) is 0 Å². The van der Waals surface area contributed by atoms with E-state index in [0.29, 0.717) is 23.7 Å². The van der Waals surface area contributed by atoms with Gasteiger partial charge in [-0.1, -0.05) is 29.8 Å². The predicted octanol–water partition coefficient (Wildman–Crippen LogP) is 2.80. The minimum atomic E-state index is -3.60. The van der Waals surface area contributed by atoms with Crippen LogP contribution in [0.3, 0.4) is 0 Å². The van der Waals surface area contributed by atoms with E-state index in [1.807, 2.05) is 13.8 Å². The first-order chi connectivity index (χ1) is 11.8. The molecule has 25 heavy (non-hydrogen) atoms. The molecule has 0 aliphatic carbocycles. The fourth-order valence-electron chi connectivity index (χ4n) is 2.28. The molecule has 0 radical (unpaired) electrons. The van der Waals surface area contributed by atoms with Crippen molar-refractivity contribution in [3.8, 4) is 5.75 Å². The van der Waals surface area contributed by atoms with Crippen molar-refractivity contribution in [3.63, 3.8) is 0 Å². The first kappa shape index (κ1) is 18.8. The lowest BCUT2D eigenvalue weighted by molar-refractivity contribution is -0.114. The van der Waals surface area contributed by atoms with E-state index in [-0.39, 0.29) is 6.54 Å². The molecule has 2 aromatic rings. The van der Waals surface area contributed by atoms with Crippen LogP contribution in [0.5, 0.6) is 5.75 Å². The van der Waals surface area contributed by atoms with Crippen molar-refractivity contribution in [1.82, 2.24) is 0 Å². The van der Waals surface area contributed by atoms with E-state index in [1.54, 1.807) is 48.5 Å². The van der Waals surface area contributed by atoms with E-state index in [4.69, 9.17) is 4.74 Å². The van der Waals surface area contributed by atoms with Gasteiger partial charge in [-0.3, -0.25) is 9.10 Å². The van der Waals surface area contributed by atoms with Gasteiger partial charge in [0.05, 0.1) is 24.2 Å². The second-order valence-electron chi connectivity index (χ2n) is 5.58. The molecular formula is C18H22N2O4S. The molecule has 1 amide bonds. The number of sulfonamides is 1. The molecule has 0 spiro atoms. The Labute approximate surface area is 148 Å². The summed E-state index contributed by atoms with van der Waals surface area (Å²) in [5.41, 5.74) is 1.96. The molecule has 0 saturated heterocycles. The van der Waals surface area contributed by atoms with Crippen LogP contribution in [-0.4, -0.2) is 33.7 Å². The van der Waals surface area contributed by atoms with Crippen LogP contribution in [-0.2, 0) is 14.8 Å². The average Bonchev–Trinajstić information content (AvgIpc) is 2.55. The van der Waals surface area contributed by atoms with Crippen LogP contribution >= 0.6 is 0 Å². The van der Waals surface area contributed by atoms with Crippen molar-refractivity contribution in [1.29, 1.82) is 0 Å². The molecule has 0 unspecified atom stereocenters. The van der Waals surface area contributed by atoms with Crippen LogP contribution < -0.4 is 14.4 Å². The summed E-state index contributed by atoms with van der Waals surface area (Å²) in [7, 11) is -3.60. The van der Waals surface area contributed by atoms with Gasteiger partial charge in [-0.15, -0.1) is 0 Å². The minimum Gasteiger partial charge on any atom is -0.492 e. The van der Waals surface area contributed by atoms with Crippen LogP contribution in [0.2, 0.25) is 0 Å². The first-order valence-corrected chi connectivity index (χ1v) is 9.72. The van der Waals surface area contributed by atoms with Gasteiger partial charge in [0, 0.05) is 0 Å². The van der Waals surface area contributed by atoms with Gasteiger partial charge in [-0.25, -0.2) is 8.42 Å². The van der Waals surface area contributed by atoms with E-state index in [2.05, 4.69) is 5.32 Å². The van der Waals surface area contributed by atoms with E-state index in [1.165, 1.54) is 0 Å². The Morgan fingerprint density at radius 3 is 2.36 bits per heavy atom. The number of amides is 1. The Hall–Kier alpha value is -2.54. The van der Waals surface area contributed by atoms with Crippen molar-refractivity contribution in [2.75, 3.05) is 29.0 Å². The number of nitrogens with one attached hydrogen (secondary N) is 1. The van der Waals surface area contributed by atoms with Gasteiger partial charge >= 0.3 is 0 Å². The molecule has 0 saturated carbocycles. The number of benzene rings is 2. The normalized spacial score (nSPS) is 11.0. The summed E-state index contributed by atoms with van der Waals surface area (Å²) in [4.78, 5) is 12.4. The van der Waals surface area contributed by atoms with Crippen molar-refractivity contribution >= 4 is 27.3 Å². The zero-order valence-corrected chi connectivity index (χ0v) is 15.3.